The first-order chi connectivity index (χ1) is 12.8. The third-order valence-electron chi connectivity index (χ3n) is 3.71. The Morgan fingerprint density at radius 1 is 1.04 bits per heavy atom. The van der Waals surface area contributed by atoms with Crippen LogP contribution in [0.1, 0.15) is 25.8 Å². The lowest BCUT2D eigenvalue weighted by Gasteiger charge is -2.13. The van der Waals surface area contributed by atoms with Crippen LogP contribution in [0, 0.1) is 0 Å². The molecule has 27 heavy (non-hydrogen) atoms. The molecule has 2 aromatic carbocycles. The minimum absolute atomic E-state index is 0. The zero-order valence-electron chi connectivity index (χ0n) is 15.4. The van der Waals surface area contributed by atoms with Crippen molar-refractivity contribution in [2.45, 2.75) is 26.8 Å². The molecule has 3 rings (SSSR count). The molecule has 144 valence electrons. The summed E-state index contributed by atoms with van der Waals surface area (Å²) in [5, 5.41) is 15.1. The summed E-state index contributed by atoms with van der Waals surface area (Å²) < 4.78 is 13.2. The predicted molar refractivity (Wildman–Crippen MR) is 98.8 cm³/mol. The second kappa shape index (κ2) is 10.5. The van der Waals surface area contributed by atoms with E-state index in [2.05, 4.69) is 27.8 Å². The van der Waals surface area contributed by atoms with E-state index in [4.69, 9.17) is 9.47 Å². The molecule has 0 unspecified atom stereocenters. The summed E-state index contributed by atoms with van der Waals surface area (Å²) in [5.41, 5.74) is 1.96. The molecule has 0 bridgehead atoms. The molecule has 0 saturated carbocycles. The summed E-state index contributed by atoms with van der Waals surface area (Å²) in [7, 11) is 0. The Morgan fingerprint density at radius 3 is 2.59 bits per heavy atom. The summed E-state index contributed by atoms with van der Waals surface area (Å²) in [4.78, 5) is 0. The molecular weight excluding hydrogens is 366 g/mol. The molecular formula is C19H23ClN5O2-. The van der Waals surface area contributed by atoms with Gasteiger partial charge in [-0.15, -0.1) is 0 Å². The summed E-state index contributed by atoms with van der Waals surface area (Å²) in [5.74, 6) is 1.25. The van der Waals surface area contributed by atoms with E-state index >= 15 is 0 Å². The fraction of sp³-hybridized carbons (Fsp3) is 0.316. The van der Waals surface area contributed by atoms with Crippen molar-refractivity contribution in [1.29, 1.82) is 0 Å². The summed E-state index contributed by atoms with van der Waals surface area (Å²) >= 11 is 0. The number of ether oxygens (including phenoxy) is 2. The van der Waals surface area contributed by atoms with Crippen molar-refractivity contribution < 1.29 is 21.9 Å². The van der Waals surface area contributed by atoms with E-state index < -0.39 is 0 Å². The normalized spacial score (nSPS) is 10.3. The number of para-hydroxylation sites is 1. The van der Waals surface area contributed by atoms with Gasteiger partial charge in [0.2, 0.25) is 0 Å². The van der Waals surface area contributed by atoms with Crippen LogP contribution in [-0.4, -0.2) is 33.4 Å². The van der Waals surface area contributed by atoms with Crippen LogP contribution in [0.15, 0.2) is 48.5 Å². The van der Waals surface area contributed by atoms with E-state index in [1.807, 2.05) is 55.5 Å². The molecule has 0 atom stereocenters. The molecule has 0 radical (unpaired) electrons. The minimum atomic E-state index is 0. The largest absolute Gasteiger partial charge is 1.00 e. The van der Waals surface area contributed by atoms with E-state index in [0.717, 1.165) is 30.8 Å². The third-order valence-corrected chi connectivity index (χ3v) is 3.71. The summed E-state index contributed by atoms with van der Waals surface area (Å²) in [6.45, 7) is 6.40. The molecule has 0 fully saturated rings. The number of aromatic nitrogens is 4. The van der Waals surface area contributed by atoms with Crippen LogP contribution < -0.4 is 27.2 Å². The number of hydrogen-bond acceptors (Lipinski definition) is 6. The number of hydrogen-bond donors (Lipinski definition) is 1. The number of nitrogens with zero attached hydrogens (tertiary/aromatic N) is 4. The number of rotatable bonds is 9. The number of benzene rings is 2. The van der Waals surface area contributed by atoms with Crippen molar-refractivity contribution in [3.63, 3.8) is 0 Å². The van der Waals surface area contributed by atoms with Gasteiger partial charge in [-0.1, -0.05) is 36.3 Å². The van der Waals surface area contributed by atoms with Crippen molar-refractivity contribution in [2.75, 3.05) is 13.2 Å². The summed E-state index contributed by atoms with van der Waals surface area (Å²) in [6, 6.07) is 15.8. The second-order valence-electron chi connectivity index (χ2n) is 5.70. The average molecular weight is 389 g/mol. The molecule has 0 saturated heterocycles. The topological polar surface area (TPSA) is 74.1 Å². The van der Waals surface area contributed by atoms with Gasteiger partial charge in [0.05, 0.1) is 12.3 Å². The SMILES string of the molecule is CCCNCc1ccc(Oc2nnnn2-c2ccccc2)c(OCC)c1.[Cl-]. The fourth-order valence-electron chi connectivity index (χ4n) is 2.50. The van der Waals surface area contributed by atoms with Crippen LogP contribution in [0.2, 0.25) is 0 Å². The molecule has 0 spiro atoms. The maximum Gasteiger partial charge on any atom is 0.346 e. The molecule has 3 aromatic rings. The predicted octanol–water partition coefficient (Wildman–Crippen LogP) is 0.357. The number of tetrazole rings is 1. The van der Waals surface area contributed by atoms with Gasteiger partial charge < -0.3 is 27.2 Å². The zero-order chi connectivity index (χ0) is 18.2. The Bertz CT molecular complexity index is 826. The van der Waals surface area contributed by atoms with Gasteiger partial charge in [-0.25, -0.2) is 0 Å². The first-order valence-electron chi connectivity index (χ1n) is 8.80. The van der Waals surface area contributed by atoms with Gasteiger partial charge in [0, 0.05) is 6.54 Å². The lowest BCUT2D eigenvalue weighted by molar-refractivity contribution is -0.00000656. The average Bonchev–Trinajstić information content (AvgIpc) is 3.13. The number of nitrogens with one attached hydrogen (secondary N) is 1. The lowest BCUT2D eigenvalue weighted by Crippen LogP contribution is -3.00. The van der Waals surface area contributed by atoms with E-state index in [1.54, 1.807) is 4.68 Å². The maximum absolute atomic E-state index is 5.95. The lowest BCUT2D eigenvalue weighted by atomic mass is 10.2. The molecule has 1 N–H and O–H groups in total. The highest BCUT2D eigenvalue weighted by molar-refractivity contribution is 5.44. The molecule has 0 aliphatic rings. The molecule has 1 aromatic heterocycles. The van der Waals surface area contributed by atoms with Crippen LogP contribution in [0.3, 0.4) is 0 Å². The van der Waals surface area contributed by atoms with E-state index in [-0.39, 0.29) is 18.4 Å². The molecule has 0 aliphatic heterocycles. The van der Waals surface area contributed by atoms with Crippen LogP contribution in [0.4, 0.5) is 0 Å². The number of halogens is 1. The highest BCUT2D eigenvalue weighted by Crippen LogP contribution is 2.32. The van der Waals surface area contributed by atoms with Crippen LogP contribution >= 0.6 is 0 Å². The first-order valence-corrected chi connectivity index (χ1v) is 8.80. The first kappa shape index (κ1) is 20.7. The Labute approximate surface area is 165 Å². The van der Waals surface area contributed by atoms with Gasteiger partial charge in [-0.2, -0.15) is 4.68 Å². The van der Waals surface area contributed by atoms with Gasteiger partial charge in [-0.05, 0) is 60.1 Å². The Balaban J connectivity index is 0.00000261. The van der Waals surface area contributed by atoms with Crippen molar-refractivity contribution in [2.24, 2.45) is 0 Å². The van der Waals surface area contributed by atoms with Crippen LogP contribution in [0.5, 0.6) is 17.5 Å². The van der Waals surface area contributed by atoms with Gasteiger partial charge in [-0.3, -0.25) is 0 Å². The highest BCUT2D eigenvalue weighted by atomic mass is 35.5. The van der Waals surface area contributed by atoms with Crippen molar-refractivity contribution in [3.8, 4) is 23.2 Å². The van der Waals surface area contributed by atoms with E-state index in [0.29, 0.717) is 18.1 Å². The molecule has 0 aliphatic carbocycles. The minimum Gasteiger partial charge on any atom is -1.00 e. The third kappa shape index (κ3) is 5.42. The van der Waals surface area contributed by atoms with Crippen LogP contribution in [0.25, 0.3) is 5.69 Å². The maximum atomic E-state index is 5.95. The van der Waals surface area contributed by atoms with Gasteiger partial charge in [0.1, 0.15) is 0 Å². The Hall–Kier alpha value is -2.64. The Kier molecular flexibility index (Phi) is 8.03. The molecule has 7 nitrogen and oxygen atoms in total. The smallest absolute Gasteiger partial charge is 0.346 e. The van der Waals surface area contributed by atoms with E-state index in [1.165, 1.54) is 0 Å². The van der Waals surface area contributed by atoms with Gasteiger partial charge in [0.15, 0.2) is 11.5 Å². The molecule has 0 amide bonds. The quantitative estimate of drug-likeness (QED) is 0.533. The molecule has 8 heteroatoms. The monoisotopic (exact) mass is 388 g/mol. The van der Waals surface area contributed by atoms with Crippen molar-refractivity contribution >= 4 is 0 Å². The van der Waals surface area contributed by atoms with Crippen molar-refractivity contribution in [3.05, 3.63) is 54.1 Å². The fourth-order valence-corrected chi connectivity index (χ4v) is 2.50. The molecule has 1 heterocycles. The Morgan fingerprint density at radius 2 is 1.85 bits per heavy atom. The zero-order valence-corrected chi connectivity index (χ0v) is 16.2. The van der Waals surface area contributed by atoms with Crippen molar-refractivity contribution in [1.82, 2.24) is 25.5 Å². The standard InChI is InChI=1S/C19H23N5O2.ClH/c1-3-12-20-14-15-10-11-17(18(13-15)25-4-2)26-19-21-22-23-24(19)16-8-6-5-7-9-16;/h5-11,13,20H,3-4,12,14H2,1-2H3;1H/p-1. The highest BCUT2D eigenvalue weighted by Gasteiger charge is 2.14. The van der Waals surface area contributed by atoms with E-state index in [9.17, 15) is 0 Å². The second-order valence-corrected chi connectivity index (χ2v) is 5.70. The van der Waals surface area contributed by atoms with Crippen LogP contribution in [-0.2, 0) is 6.54 Å². The van der Waals surface area contributed by atoms with Gasteiger partial charge in [0.25, 0.3) is 0 Å². The summed E-state index contributed by atoms with van der Waals surface area (Å²) in [6.07, 6.45) is 1.10. The van der Waals surface area contributed by atoms with Gasteiger partial charge >= 0.3 is 6.01 Å².